The Bertz CT molecular complexity index is 291. The van der Waals surface area contributed by atoms with Gasteiger partial charge in [0.25, 0.3) is 0 Å². The second kappa shape index (κ2) is 5.40. The first-order valence-corrected chi connectivity index (χ1v) is 3.43. The fourth-order valence-corrected chi connectivity index (χ4v) is 0.854. The highest BCUT2D eigenvalue weighted by atomic mass is 35.5. The zero-order valence-corrected chi connectivity index (χ0v) is 7.93. The minimum atomic E-state index is -0.368. The van der Waals surface area contributed by atoms with Gasteiger partial charge in [-0.1, -0.05) is 6.07 Å². The molecule has 1 aromatic rings. The predicted molar refractivity (Wildman–Crippen MR) is 52.8 cm³/mol. The molecule has 5 heteroatoms. The lowest BCUT2D eigenvalue weighted by Gasteiger charge is -2.01. The van der Waals surface area contributed by atoms with Gasteiger partial charge in [0.1, 0.15) is 0 Å². The van der Waals surface area contributed by atoms with Crippen LogP contribution in [0.1, 0.15) is 10.4 Å². The van der Waals surface area contributed by atoms with Crippen LogP contribution in [0.25, 0.3) is 0 Å². The Balaban J connectivity index is 0.00000144. The van der Waals surface area contributed by atoms with Crippen LogP contribution in [0.4, 0.5) is 5.69 Å². The van der Waals surface area contributed by atoms with Gasteiger partial charge < -0.3 is 10.2 Å². The fraction of sp³-hybridized carbons (Fsp3) is 0.125. The molecular weight excluding hydrogens is 192 g/mol. The number of benzene rings is 1. The van der Waals surface area contributed by atoms with Gasteiger partial charge in [0.15, 0.2) is 0 Å². The predicted octanol–water partition coefficient (Wildman–Crippen LogP) is 1.18. The maximum atomic E-state index is 11.0. The Kier molecular flexibility index (Phi) is 4.87. The van der Waals surface area contributed by atoms with Crippen LogP contribution < -0.4 is 11.3 Å². The van der Waals surface area contributed by atoms with E-state index in [1.54, 1.807) is 24.3 Å². The van der Waals surface area contributed by atoms with Crippen LogP contribution in [0.3, 0.4) is 0 Å². The SMILES string of the molecule is COC(=O)c1cccc(NN)c1.Cl. The molecule has 0 aliphatic carbocycles. The smallest absolute Gasteiger partial charge is 0.337 e. The first-order chi connectivity index (χ1) is 5.77. The third-order valence-corrected chi connectivity index (χ3v) is 1.45. The molecule has 0 saturated heterocycles. The number of hydrogen-bond acceptors (Lipinski definition) is 4. The molecule has 0 unspecified atom stereocenters. The van der Waals surface area contributed by atoms with E-state index in [1.807, 2.05) is 0 Å². The van der Waals surface area contributed by atoms with E-state index >= 15 is 0 Å². The summed E-state index contributed by atoms with van der Waals surface area (Å²) in [4.78, 5) is 11.0. The lowest BCUT2D eigenvalue weighted by atomic mass is 10.2. The molecule has 0 fully saturated rings. The van der Waals surface area contributed by atoms with Crippen LogP contribution in [-0.2, 0) is 4.74 Å². The number of nitrogens with two attached hydrogens (primary N) is 1. The summed E-state index contributed by atoms with van der Waals surface area (Å²) < 4.78 is 4.53. The van der Waals surface area contributed by atoms with Crippen LogP contribution in [0.5, 0.6) is 0 Å². The van der Waals surface area contributed by atoms with Crippen LogP contribution in [0.2, 0.25) is 0 Å². The zero-order valence-electron chi connectivity index (χ0n) is 7.11. The van der Waals surface area contributed by atoms with Crippen molar-refractivity contribution in [3.8, 4) is 0 Å². The van der Waals surface area contributed by atoms with Crippen molar-refractivity contribution in [3.63, 3.8) is 0 Å². The van der Waals surface area contributed by atoms with Gasteiger partial charge in [-0.25, -0.2) is 4.79 Å². The van der Waals surface area contributed by atoms with Gasteiger partial charge in [-0.15, -0.1) is 12.4 Å². The number of rotatable bonds is 2. The summed E-state index contributed by atoms with van der Waals surface area (Å²) in [5.41, 5.74) is 3.60. The molecule has 0 aliphatic heterocycles. The molecule has 0 radical (unpaired) electrons. The highest BCUT2D eigenvalue weighted by Gasteiger charge is 2.03. The lowest BCUT2D eigenvalue weighted by Crippen LogP contribution is -2.08. The Labute approximate surface area is 82.4 Å². The maximum Gasteiger partial charge on any atom is 0.337 e. The van der Waals surface area contributed by atoms with Crippen molar-refractivity contribution in [1.29, 1.82) is 0 Å². The highest BCUT2D eigenvalue weighted by Crippen LogP contribution is 2.09. The first kappa shape index (κ1) is 11.7. The number of nitrogens with one attached hydrogen (secondary N) is 1. The molecule has 1 rings (SSSR count). The van der Waals surface area contributed by atoms with Gasteiger partial charge in [0, 0.05) is 5.69 Å². The Morgan fingerprint density at radius 1 is 1.54 bits per heavy atom. The second-order valence-corrected chi connectivity index (χ2v) is 2.22. The topological polar surface area (TPSA) is 64.3 Å². The second-order valence-electron chi connectivity index (χ2n) is 2.22. The number of nitrogen functional groups attached to an aromatic ring is 1. The Hall–Kier alpha value is -1.26. The van der Waals surface area contributed by atoms with E-state index in [1.165, 1.54) is 7.11 Å². The Morgan fingerprint density at radius 2 is 2.23 bits per heavy atom. The van der Waals surface area contributed by atoms with Crippen molar-refractivity contribution in [3.05, 3.63) is 29.8 Å². The van der Waals surface area contributed by atoms with Crippen LogP contribution >= 0.6 is 12.4 Å². The van der Waals surface area contributed by atoms with Gasteiger partial charge in [0.05, 0.1) is 12.7 Å². The van der Waals surface area contributed by atoms with Crippen molar-refractivity contribution in [1.82, 2.24) is 0 Å². The van der Waals surface area contributed by atoms with Crippen molar-refractivity contribution in [2.24, 2.45) is 5.84 Å². The summed E-state index contributed by atoms with van der Waals surface area (Å²) in [7, 11) is 1.34. The molecule has 0 aromatic heterocycles. The molecule has 4 nitrogen and oxygen atoms in total. The summed E-state index contributed by atoms with van der Waals surface area (Å²) in [5, 5.41) is 0. The average molecular weight is 203 g/mol. The van der Waals surface area contributed by atoms with Gasteiger partial charge in [-0.2, -0.15) is 0 Å². The van der Waals surface area contributed by atoms with Gasteiger partial charge in [-0.05, 0) is 18.2 Å². The number of methoxy groups -OCH3 is 1. The van der Waals surface area contributed by atoms with Crippen molar-refractivity contribution in [2.75, 3.05) is 12.5 Å². The lowest BCUT2D eigenvalue weighted by molar-refractivity contribution is 0.0601. The van der Waals surface area contributed by atoms with Crippen LogP contribution in [-0.4, -0.2) is 13.1 Å². The van der Waals surface area contributed by atoms with Gasteiger partial charge >= 0.3 is 5.97 Å². The molecule has 3 N–H and O–H groups in total. The van der Waals surface area contributed by atoms with E-state index in [0.717, 1.165) is 0 Å². The Morgan fingerprint density at radius 3 is 2.77 bits per heavy atom. The summed E-state index contributed by atoms with van der Waals surface area (Å²) >= 11 is 0. The number of carbonyl (C=O) groups excluding carboxylic acids is 1. The van der Waals surface area contributed by atoms with Gasteiger partial charge in [-0.3, -0.25) is 5.84 Å². The molecule has 0 spiro atoms. The van der Waals surface area contributed by atoms with E-state index in [-0.39, 0.29) is 18.4 Å². The van der Waals surface area contributed by atoms with Crippen molar-refractivity contribution >= 4 is 24.1 Å². The normalized spacial score (nSPS) is 8.46. The van der Waals surface area contributed by atoms with Crippen molar-refractivity contribution < 1.29 is 9.53 Å². The van der Waals surface area contributed by atoms with Crippen LogP contribution in [0, 0.1) is 0 Å². The van der Waals surface area contributed by atoms with Crippen molar-refractivity contribution in [2.45, 2.75) is 0 Å². The number of hydrogen-bond donors (Lipinski definition) is 2. The number of esters is 1. The van der Waals surface area contributed by atoms with E-state index < -0.39 is 0 Å². The van der Waals surface area contributed by atoms with E-state index in [4.69, 9.17) is 5.84 Å². The summed E-state index contributed by atoms with van der Waals surface area (Å²) in [6.45, 7) is 0. The number of anilines is 1. The molecule has 0 aliphatic rings. The number of ether oxygens (including phenoxy) is 1. The third-order valence-electron chi connectivity index (χ3n) is 1.45. The molecule has 0 saturated carbocycles. The van der Waals surface area contributed by atoms with E-state index in [0.29, 0.717) is 11.3 Å². The molecular formula is C8H11ClN2O2. The average Bonchev–Trinajstić information content (AvgIpc) is 2.17. The maximum absolute atomic E-state index is 11.0. The molecule has 0 bridgehead atoms. The first-order valence-electron chi connectivity index (χ1n) is 3.43. The number of hydrazine groups is 1. The molecule has 0 amide bonds. The molecule has 0 atom stereocenters. The van der Waals surface area contributed by atoms with Gasteiger partial charge in [0.2, 0.25) is 0 Å². The molecule has 72 valence electrons. The summed E-state index contributed by atoms with van der Waals surface area (Å²) in [6.07, 6.45) is 0. The van der Waals surface area contributed by atoms with E-state index in [9.17, 15) is 4.79 Å². The zero-order chi connectivity index (χ0) is 8.97. The van der Waals surface area contributed by atoms with Crippen LogP contribution in [0.15, 0.2) is 24.3 Å². The minimum Gasteiger partial charge on any atom is -0.465 e. The van der Waals surface area contributed by atoms with E-state index in [2.05, 4.69) is 10.2 Å². The number of halogens is 1. The third kappa shape index (κ3) is 2.93. The largest absolute Gasteiger partial charge is 0.465 e. The quantitative estimate of drug-likeness (QED) is 0.430. The molecule has 13 heavy (non-hydrogen) atoms. The monoisotopic (exact) mass is 202 g/mol. The number of carbonyl (C=O) groups is 1. The molecule has 1 aromatic carbocycles. The minimum absolute atomic E-state index is 0. The summed E-state index contributed by atoms with van der Waals surface area (Å²) in [5.74, 6) is 4.79. The fourth-order valence-electron chi connectivity index (χ4n) is 0.854. The standard InChI is InChI=1S/C8H10N2O2.ClH/c1-12-8(11)6-3-2-4-7(5-6)10-9;/h2-5,10H,9H2,1H3;1H. The summed E-state index contributed by atoms with van der Waals surface area (Å²) in [6, 6.07) is 6.76. The molecule has 0 heterocycles. The highest BCUT2D eigenvalue weighted by molar-refractivity contribution is 5.90.